The van der Waals surface area contributed by atoms with Gasteiger partial charge >= 0.3 is 0 Å². The number of likely N-dealkylation sites (tertiary alicyclic amines) is 1. The zero-order valence-electron chi connectivity index (χ0n) is 17.3. The van der Waals surface area contributed by atoms with E-state index >= 15 is 0 Å². The average molecular weight is 439 g/mol. The molecule has 1 unspecified atom stereocenters. The lowest BCUT2D eigenvalue weighted by Gasteiger charge is -2.39. The van der Waals surface area contributed by atoms with Crippen molar-refractivity contribution in [3.8, 4) is 0 Å². The van der Waals surface area contributed by atoms with Crippen molar-refractivity contribution in [2.75, 3.05) is 13.1 Å². The number of nitrogens with one attached hydrogen (secondary N) is 1. The fourth-order valence-corrected chi connectivity index (χ4v) is 4.60. The molecule has 0 radical (unpaired) electrons. The number of rotatable bonds is 6. The van der Waals surface area contributed by atoms with Gasteiger partial charge in [-0.2, -0.15) is 0 Å². The molecule has 0 aromatic heterocycles. The van der Waals surface area contributed by atoms with Crippen LogP contribution in [0.25, 0.3) is 0 Å². The molecule has 4 rings (SSSR count). The molecule has 1 heterocycles. The van der Waals surface area contributed by atoms with Gasteiger partial charge in [0.15, 0.2) is 0 Å². The van der Waals surface area contributed by atoms with Crippen molar-refractivity contribution >= 4 is 23.2 Å². The van der Waals surface area contributed by atoms with Gasteiger partial charge in [0.2, 0.25) is 0 Å². The summed E-state index contributed by atoms with van der Waals surface area (Å²) in [6.45, 7) is 5.23. The third-order valence-corrected chi connectivity index (χ3v) is 6.58. The molecule has 1 N–H and O–H groups in total. The second-order valence-electron chi connectivity index (χ2n) is 8.13. The molecule has 0 saturated carbocycles. The van der Waals surface area contributed by atoms with Crippen molar-refractivity contribution in [3.63, 3.8) is 0 Å². The lowest BCUT2D eigenvalue weighted by molar-refractivity contribution is 0.162. The molecule has 3 aromatic carbocycles. The van der Waals surface area contributed by atoms with E-state index in [1.165, 1.54) is 22.3 Å². The molecule has 2 nitrogen and oxygen atoms in total. The lowest BCUT2D eigenvalue weighted by atomic mass is 9.91. The number of aryl methyl sites for hydroxylation is 1. The molecule has 1 saturated heterocycles. The smallest absolute Gasteiger partial charge is 0.0604 e. The summed E-state index contributed by atoms with van der Waals surface area (Å²) in [5.41, 5.74) is 5.30. The Labute approximate surface area is 189 Å². The van der Waals surface area contributed by atoms with E-state index in [2.05, 4.69) is 65.7 Å². The number of hydrogen-bond donors (Lipinski definition) is 1. The molecular weight excluding hydrogens is 411 g/mol. The SMILES string of the molecule is Cc1ccccc1C(c1ccc(Cl)cc1)N1CCC(NCc2ccc(Cl)cc2)CC1. The van der Waals surface area contributed by atoms with E-state index in [0.717, 1.165) is 42.5 Å². The topological polar surface area (TPSA) is 15.3 Å². The Kier molecular flexibility index (Phi) is 7.12. The van der Waals surface area contributed by atoms with Crippen LogP contribution in [0.3, 0.4) is 0 Å². The van der Waals surface area contributed by atoms with Gasteiger partial charge in [-0.3, -0.25) is 4.90 Å². The van der Waals surface area contributed by atoms with Gasteiger partial charge in [0.1, 0.15) is 0 Å². The Balaban J connectivity index is 1.44. The van der Waals surface area contributed by atoms with E-state index in [9.17, 15) is 0 Å². The highest BCUT2D eigenvalue weighted by atomic mass is 35.5. The highest BCUT2D eigenvalue weighted by Crippen LogP contribution is 2.33. The minimum atomic E-state index is 0.265. The van der Waals surface area contributed by atoms with Crippen LogP contribution in [0.5, 0.6) is 0 Å². The number of halogens is 2. The van der Waals surface area contributed by atoms with Crippen LogP contribution < -0.4 is 5.32 Å². The first-order valence-corrected chi connectivity index (χ1v) is 11.4. The molecule has 1 fully saturated rings. The summed E-state index contributed by atoms with van der Waals surface area (Å²) in [4.78, 5) is 2.62. The molecular formula is C26H28Cl2N2. The van der Waals surface area contributed by atoms with Crippen LogP contribution in [-0.2, 0) is 6.54 Å². The molecule has 156 valence electrons. The predicted octanol–water partition coefficient (Wildman–Crippen LogP) is 6.65. The first kappa shape index (κ1) is 21.4. The predicted molar refractivity (Wildman–Crippen MR) is 127 cm³/mol. The summed E-state index contributed by atoms with van der Waals surface area (Å²) >= 11 is 12.2. The third kappa shape index (κ3) is 5.25. The molecule has 4 heteroatoms. The van der Waals surface area contributed by atoms with Crippen molar-refractivity contribution in [2.24, 2.45) is 0 Å². The largest absolute Gasteiger partial charge is 0.310 e. The maximum absolute atomic E-state index is 6.16. The second-order valence-corrected chi connectivity index (χ2v) is 9.00. The maximum Gasteiger partial charge on any atom is 0.0604 e. The third-order valence-electron chi connectivity index (χ3n) is 6.07. The summed E-state index contributed by atoms with van der Waals surface area (Å²) in [7, 11) is 0. The van der Waals surface area contributed by atoms with Crippen LogP contribution in [-0.4, -0.2) is 24.0 Å². The van der Waals surface area contributed by atoms with Gasteiger partial charge in [-0.15, -0.1) is 0 Å². The first-order chi connectivity index (χ1) is 14.6. The van der Waals surface area contributed by atoms with Crippen LogP contribution in [0.4, 0.5) is 0 Å². The minimum Gasteiger partial charge on any atom is -0.310 e. The molecule has 1 aliphatic heterocycles. The number of hydrogen-bond acceptors (Lipinski definition) is 2. The van der Waals surface area contributed by atoms with Crippen LogP contribution >= 0.6 is 23.2 Å². The number of benzene rings is 3. The molecule has 30 heavy (non-hydrogen) atoms. The van der Waals surface area contributed by atoms with Crippen LogP contribution in [0, 0.1) is 6.92 Å². The van der Waals surface area contributed by atoms with E-state index in [0.29, 0.717) is 6.04 Å². The quantitative estimate of drug-likeness (QED) is 0.463. The Morgan fingerprint density at radius 2 is 1.47 bits per heavy atom. The molecule has 0 bridgehead atoms. The standard InChI is InChI=1S/C26H28Cl2N2/c1-19-4-2-3-5-25(19)26(21-8-12-23(28)13-9-21)30-16-14-24(15-17-30)29-18-20-6-10-22(27)11-7-20/h2-13,24,26,29H,14-18H2,1H3. The number of nitrogens with zero attached hydrogens (tertiary/aromatic N) is 1. The van der Waals surface area contributed by atoms with E-state index in [1.54, 1.807) is 0 Å². The fraction of sp³-hybridized carbons (Fsp3) is 0.308. The van der Waals surface area contributed by atoms with Gasteiger partial charge in [-0.1, -0.05) is 71.7 Å². The van der Waals surface area contributed by atoms with Crippen molar-refractivity contribution in [1.29, 1.82) is 0 Å². The van der Waals surface area contributed by atoms with Crippen LogP contribution in [0.2, 0.25) is 10.0 Å². The van der Waals surface area contributed by atoms with Gasteiger partial charge in [0, 0.05) is 35.7 Å². The van der Waals surface area contributed by atoms with Crippen molar-refractivity contribution in [1.82, 2.24) is 10.2 Å². The van der Waals surface area contributed by atoms with Gasteiger partial charge < -0.3 is 5.32 Å². The molecule has 1 atom stereocenters. The minimum absolute atomic E-state index is 0.265. The fourth-order valence-electron chi connectivity index (χ4n) is 4.35. The van der Waals surface area contributed by atoms with Crippen molar-refractivity contribution in [2.45, 2.75) is 38.4 Å². The zero-order chi connectivity index (χ0) is 20.9. The summed E-state index contributed by atoms with van der Waals surface area (Å²) in [6.07, 6.45) is 2.28. The maximum atomic E-state index is 6.16. The van der Waals surface area contributed by atoms with Gasteiger partial charge in [0.25, 0.3) is 0 Å². The van der Waals surface area contributed by atoms with E-state index < -0.39 is 0 Å². The van der Waals surface area contributed by atoms with Crippen LogP contribution in [0.15, 0.2) is 72.8 Å². The van der Waals surface area contributed by atoms with Gasteiger partial charge in [-0.25, -0.2) is 0 Å². The van der Waals surface area contributed by atoms with Crippen molar-refractivity contribution in [3.05, 3.63) is 105 Å². The Hall–Kier alpha value is -1.84. The zero-order valence-corrected chi connectivity index (χ0v) is 18.8. The van der Waals surface area contributed by atoms with Gasteiger partial charge in [0.05, 0.1) is 6.04 Å². The Bertz CT molecular complexity index is 946. The lowest BCUT2D eigenvalue weighted by Crippen LogP contribution is -2.44. The monoisotopic (exact) mass is 438 g/mol. The molecule has 0 spiro atoms. The Morgan fingerprint density at radius 1 is 0.867 bits per heavy atom. The van der Waals surface area contributed by atoms with E-state index in [1.807, 2.05) is 24.3 Å². The summed E-state index contributed by atoms with van der Waals surface area (Å²) in [5, 5.41) is 5.30. The summed E-state index contributed by atoms with van der Waals surface area (Å²) in [5.74, 6) is 0. The Morgan fingerprint density at radius 3 is 2.10 bits per heavy atom. The van der Waals surface area contributed by atoms with Gasteiger partial charge in [-0.05, 0) is 66.3 Å². The number of piperidine rings is 1. The molecule has 0 aliphatic carbocycles. The second kappa shape index (κ2) is 9.98. The molecule has 0 amide bonds. The highest BCUT2D eigenvalue weighted by molar-refractivity contribution is 6.30. The highest BCUT2D eigenvalue weighted by Gasteiger charge is 2.28. The first-order valence-electron chi connectivity index (χ1n) is 10.6. The summed E-state index contributed by atoms with van der Waals surface area (Å²) < 4.78 is 0. The molecule has 1 aliphatic rings. The van der Waals surface area contributed by atoms with E-state index in [4.69, 9.17) is 23.2 Å². The summed E-state index contributed by atoms with van der Waals surface area (Å²) in [6, 6.07) is 26.0. The normalized spacial score (nSPS) is 16.5. The van der Waals surface area contributed by atoms with E-state index in [-0.39, 0.29) is 6.04 Å². The average Bonchev–Trinajstić information content (AvgIpc) is 2.77. The van der Waals surface area contributed by atoms with Crippen molar-refractivity contribution < 1.29 is 0 Å². The molecule has 3 aromatic rings. The van der Waals surface area contributed by atoms with Crippen LogP contribution in [0.1, 0.15) is 41.1 Å².